The van der Waals surface area contributed by atoms with E-state index in [0.29, 0.717) is 6.54 Å². The lowest BCUT2D eigenvalue weighted by molar-refractivity contribution is -0.136. The van der Waals surface area contributed by atoms with Crippen LogP contribution < -0.4 is 5.32 Å². The first-order valence-electron chi connectivity index (χ1n) is 8.99. The number of nitrogens with zero attached hydrogens (tertiary/aromatic N) is 2. The van der Waals surface area contributed by atoms with Gasteiger partial charge in [0.15, 0.2) is 0 Å². The van der Waals surface area contributed by atoms with Crippen LogP contribution in [0.2, 0.25) is 0 Å². The average Bonchev–Trinajstić information content (AvgIpc) is 2.99. The molecule has 26 heavy (non-hydrogen) atoms. The number of thioether (sulfide) groups is 1. The first-order valence-corrected chi connectivity index (χ1v) is 10.1. The largest absolute Gasteiger partial charge is 0.418 e. The highest BCUT2D eigenvalue weighted by molar-refractivity contribution is 7.99. The number of carbonyl (C=O) groups excluding carboxylic acids is 1. The molecule has 2 aliphatic heterocycles. The second-order valence-corrected chi connectivity index (χ2v) is 7.91. The van der Waals surface area contributed by atoms with E-state index in [-0.39, 0.29) is 11.7 Å². The van der Waals surface area contributed by atoms with Gasteiger partial charge in [0.05, 0.1) is 17.3 Å². The maximum absolute atomic E-state index is 13.2. The van der Waals surface area contributed by atoms with Crippen molar-refractivity contribution >= 4 is 23.5 Å². The molecule has 0 bridgehead atoms. The van der Waals surface area contributed by atoms with E-state index in [1.54, 1.807) is 4.90 Å². The maximum atomic E-state index is 13.2. The molecular formula is C18H24F3N3OS. The molecule has 8 heteroatoms. The molecular weight excluding hydrogens is 363 g/mol. The Hall–Kier alpha value is -1.41. The fraction of sp³-hybridized carbons (Fsp3) is 0.611. The molecule has 0 radical (unpaired) electrons. The lowest BCUT2D eigenvalue weighted by atomic mass is 10.1. The summed E-state index contributed by atoms with van der Waals surface area (Å²) in [6.45, 7) is 3.44. The van der Waals surface area contributed by atoms with E-state index < -0.39 is 17.8 Å². The van der Waals surface area contributed by atoms with Gasteiger partial charge in [-0.05, 0) is 50.2 Å². The Kier molecular flexibility index (Phi) is 6.34. The number of anilines is 1. The number of alkyl halides is 3. The van der Waals surface area contributed by atoms with E-state index in [9.17, 15) is 18.0 Å². The molecule has 1 unspecified atom stereocenters. The Morgan fingerprint density at radius 2 is 1.88 bits per heavy atom. The minimum Gasteiger partial charge on any atom is -0.319 e. The number of rotatable bonds is 3. The van der Waals surface area contributed by atoms with Crippen molar-refractivity contribution in [1.29, 1.82) is 0 Å². The number of para-hydroxylation sites is 1. The summed E-state index contributed by atoms with van der Waals surface area (Å²) in [6.07, 6.45) is -1.29. The Bertz CT molecular complexity index is 620. The van der Waals surface area contributed by atoms with Crippen molar-refractivity contribution in [1.82, 2.24) is 9.80 Å². The Labute approximate surface area is 156 Å². The second kappa shape index (κ2) is 8.52. The summed E-state index contributed by atoms with van der Waals surface area (Å²) in [7, 11) is 0. The molecule has 0 spiro atoms. The predicted molar refractivity (Wildman–Crippen MR) is 98.6 cm³/mol. The number of hydrogen-bond donors (Lipinski definition) is 1. The third-order valence-electron chi connectivity index (χ3n) is 4.84. The van der Waals surface area contributed by atoms with E-state index in [1.807, 2.05) is 11.8 Å². The predicted octanol–water partition coefficient (Wildman–Crippen LogP) is 4.14. The number of likely N-dealkylation sites (tertiary alicyclic amines) is 1. The van der Waals surface area contributed by atoms with Crippen molar-refractivity contribution in [2.24, 2.45) is 0 Å². The second-order valence-electron chi connectivity index (χ2n) is 6.76. The normalized spacial score (nSPS) is 22.3. The number of amides is 2. The fourth-order valence-electron chi connectivity index (χ4n) is 3.54. The van der Waals surface area contributed by atoms with Crippen molar-refractivity contribution in [2.45, 2.75) is 31.5 Å². The fourth-order valence-corrected chi connectivity index (χ4v) is 4.59. The van der Waals surface area contributed by atoms with Gasteiger partial charge in [-0.3, -0.25) is 0 Å². The van der Waals surface area contributed by atoms with E-state index in [2.05, 4.69) is 10.2 Å². The first kappa shape index (κ1) is 19.4. The Morgan fingerprint density at radius 1 is 1.15 bits per heavy atom. The van der Waals surface area contributed by atoms with Gasteiger partial charge in [0.25, 0.3) is 0 Å². The zero-order valence-electron chi connectivity index (χ0n) is 14.6. The van der Waals surface area contributed by atoms with Gasteiger partial charge >= 0.3 is 12.2 Å². The molecule has 0 aromatic heterocycles. The summed E-state index contributed by atoms with van der Waals surface area (Å²) in [5, 5.41) is 2.51. The van der Waals surface area contributed by atoms with Crippen LogP contribution in [-0.4, -0.2) is 59.6 Å². The summed E-state index contributed by atoms with van der Waals surface area (Å²) in [4.78, 5) is 16.9. The molecule has 2 aliphatic rings. The van der Waals surface area contributed by atoms with Crippen molar-refractivity contribution in [2.75, 3.05) is 43.0 Å². The first-order chi connectivity index (χ1) is 12.4. The van der Waals surface area contributed by atoms with E-state index >= 15 is 0 Å². The van der Waals surface area contributed by atoms with Gasteiger partial charge in [-0.15, -0.1) is 0 Å². The summed E-state index contributed by atoms with van der Waals surface area (Å²) in [5.74, 6) is 1.80. The van der Waals surface area contributed by atoms with Gasteiger partial charge in [0.2, 0.25) is 0 Å². The zero-order valence-corrected chi connectivity index (χ0v) is 15.4. The number of nitrogens with one attached hydrogen (secondary N) is 1. The molecule has 4 nitrogen and oxygen atoms in total. The zero-order chi connectivity index (χ0) is 18.6. The minimum absolute atomic E-state index is 0.0265. The number of halogens is 3. The molecule has 3 rings (SSSR count). The van der Waals surface area contributed by atoms with Crippen LogP contribution in [0, 0.1) is 0 Å². The van der Waals surface area contributed by atoms with Crippen LogP contribution in [0.3, 0.4) is 0 Å². The van der Waals surface area contributed by atoms with Gasteiger partial charge in [0.1, 0.15) is 0 Å². The van der Waals surface area contributed by atoms with Crippen molar-refractivity contribution in [3.8, 4) is 0 Å². The van der Waals surface area contributed by atoms with Gasteiger partial charge < -0.3 is 15.1 Å². The van der Waals surface area contributed by atoms with Gasteiger partial charge in [-0.25, -0.2) is 4.79 Å². The number of urea groups is 1. The number of carbonyl (C=O) groups is 1. The van der Waals surface area contributed by atoms with Crippen LogP contribution in [0.4, 0.5) is 23.7 Å². The van der Waals surface area contributed by atoms with Gasteiger partial charge in [-0.1, -0.05) is 12.1 Å². The van der Waals surface area contributed by atoms with Crippen molar-refractivity contribution in [3.05, 3.63) is 29.8 Å². The molecule has 1 atom stereocenters. The quantitative estimate of drug-likeness (QED) is 0.847. The highest BCUT2D eigenvalue weighted by atomic mass is 32.2. The standard InChI is InChI=1S/C18H24F3N3OS/c19-18(20,21)15-6-1-2-7-16(15)22-17(25)24-10-5-11-26-13-14(24)12-23-8-3-4-9-23/h1-2,6-7,14H,3-5,8-13H2,(H,22,25). The molecule has 1 N–H and O–H groups in total. The van der Waals surface area contributed by atoms with Crippen LogP contribution in [-0.2, 0) is 6.18 Å². The lowest BCUT2D eigenvalue weighted by Crippen LogP contribution is -2.49. The van der Waals surface area contributed by atoms with Gasteiger partial charge in [-0.2, -0.15) is 24.9 Å². The summed E-state index contributed by atoms with van der Waals surface area (Å²) >= 11 is 1.81. The molecule has 0 saturated carbocycles. The Morgan fingerprint density at radius 3 is 2.62 bits per heavy atom. The molecule has 2 heterocycles. The summed E-state index contributed by atoms with van der Waals surface area (Å²) < 4.78 is 39.5. The molecule has 144 valence electrons. The minimum atomic E-state index is -4.49. The average molecular weight is 387 g/mol. The number of hydrogen-bond acceptors (Lipinski definition) is 3. The van der Waals surface area contributed by atoms with E-state index in [0.717, 1.165) is 43.6 Å². The third-order valence-corrected chi connectivity index (χ3v) is 6.04. The van der Waals surface area contributed by atoms with Crippen LogP contribution in [0.15, 0.2) is 24.3 Å². The highest BCUT2D eigenvalue weighted by Crippen LogP contribution is 2.34. The highest BCUT2D eigenvalue weighted by Gasteiger charge is 2.35. The maximum Gasteiger partial charge on any atom is 0.418 e. The molecule has 1 aromatic rings. The molecule has 0 aliphatic carbocycles. The molecule has 1 aromatic carbocycles. The molecule has 2 fully saturated rings. The Balaban J connectivity index is 1.73. The topological polar surface area (TPSA) is 35.6 Å². The molecule has 2 saturated heterocycles. The molecule has 2 amide bonds. The van der Waals surface area contributed by atoms with Crippen LogP contribution in [0.5, 0.6) is 0 Å². The van der Waals surface area contributed by atoms with Crippen LogP contribution >= 0.6 is 11.8 Å². The number of benzene rings is 1. The van der Waals surface area contributed by atoms with Crippen molar-refractivity contribution < 1.29 is 18.0 Å². The summed E-state index contributed by atoms with van der Waals surface area (Å²) in [5.41, 5.74) is -0.990. The van der Waals surface area contributed by atoms with Crippen LogP contribution in [0.25, 0.3) is 0 Å². The summed E-state index contributed by atoms with van der Waals surface area (Å²) in [6, 6.07) is 4.73. The SMILES string of the molecule is O=C(Nc1ccccc1C(F)(F)F)N1CCCSCC1CN1CCCC1. The smallest absolute Gasteiger partial charge is 0.319 e. The van der Waals surface area contributed by atoms with Crippen LogP contribution in [0.1, 0.15) is 24.8 Å². The lowest BCUT2D eigenvalue weighted by Gasteiger charge is -2.33. The van der Waals surface area contributed by atoms with Crippen molar-refractivity contribution in [3.63, 3.8) is 0 Å². The monoisotopic (exact) mass is 387 g/mol. The van der Waals surface area contributed by atoms with Gasteiger partial charge in [0, 0.05) is 18.8 Å². The third kappa shape index (κ3) is 4.85. The van der Waals surface area contributed by atoms with E-state index in [1.165, 1.54) is 31.0 Å². The van der Waals surface area contributed by atoms with E-state index in [4.69, 9.17) is 0 Å².